The Morgan fingerprint density at radius 2 is 1.62 bits per heavy atom. The highest BCUT2D eigenvalue weighted by atomic mass is 32.2. The van der Waals surface area contributed by atoms with E-state index in [-0.39, 0.29) is 16.5 Å². The first-order chi connectivity index (χ1) is 13.7. The van der Waals surface area contributed by atoms with Crippen LogP contribution in [-0.2, 0) is 10.0 Å². The molecule has 0 radical (unpaired) electrons. The Hall–Kier alpha value is -3.19. The summed E-state index contributed by atoms with van der Waals surface area (Å²) in [5, 5.41) is 2.74. The molecule has 0 saturated heterocycles. The molecule has 0 atom stereocenters. The van der Waals surface area contributed by atoms with Crippen LogP contribution in [0.15, 0.2) is 65.6 Å². The Morgan fingerprint density at radius 3 is 2.34 bits per heavy atom. The molecule has 0 bridgehead atoms. The van der Waals surface area contributed by atoms with Crippen LogP contribution >= 0.6 is 0 Å². The average Bonchev–Trinajstić information content (AvgIpc) is 2.67. The Kier molecular flexibility index (Phi) is 5.70. The molecule has 3 rings (SSSR count). The second kappa shape index (κ2) is 8.05. The highest BCUT2D eigenvalue weighted by Gasteiger charge is 2.20. The topological polar surface area (TPSA) is 75.3 Å². The maximum absolute atomic E-state index is 13.9. The fraction of sp³-hybridized carbons (Fsp3) is 0.136. The molecule has 0 fully saturated rings. The number of rotatable bonds is 5. The first-order valence-corrected chi connectivity index (χ1v) is 10.4. The van der Waals surface area contributed by atoms with E-state index in [4.69, 9.17) is 0 Å². The Balaban J connectivity index is 1.91. The van der Waals surface area contributed by atoms with Crippen LogP contribution < -0.4 is 10.0 Å². The average molecular weight is 412 g/mol. The molecule has 2 N–H and O–H groups in total. The zero-order chi connectivity index (χ0) is 21.2. The van der Waals surface area contributed by atoms with Crippen molar-refractivity contribution in [2.45, 2.75) is 25.7 Å². The normalized spacial score (nSPS) is 11.2. The fourth-order valence-corrected chi connectivity index (χ4v) is 4.25. The van der Waals surface area contributed by atoms with Gasteiger partial charge in [0.05, 0.1) is 10.6 Å². The molecular weight excluding hydrogens is 391 g/mol. The summed E-state index contributed by atoms with van der Waals surface area (Å²) in [6, 6.07) is 15.5. The summed E-state index contributed by atoms with van der Waals surface area (Å²) in [4.78, 5) is 12.6. The van der Waals surface area contributed by atoms with Gasteiger partial charge in [0.25, 0.3) is 15.9 Å². The van der Waals surface area contributed by atoms with Gasteiger partial charge in [-0.3, -0.25) is 9.52 Å². The number of hydrogen-bond donors (Lipinski definition) is 2. The number of aryl methyl sites for hydroxylation is 2. The van der Waals surface area contributed by atoms with Gasteiger partial charge in [-0.25, -0.2) is 12.8 Å². The second-order valence-electron chi connectivity index (χ2n) is 6.77. The standard InChI is InChI=1S/C22H21FN2O3S/c1-14-7-6-8-18(16(14)3)22(26)24-17-12-11-15(2)21(13-17)29(27,28)25-20-10-5-4-9-19(20)23/h4-13,25H,1-3H3,(H,24,26). The third-order valence-electron chi connectivity index (χ3n) is 4.70. The smallest absolute Gasteiger partial charge is 0.262 e. The van der Waals surface area contributed by atoms with Crippen LogP contribution in [0.4, 0.5) is 15.8 Å². The molecule has 0 heterocycles. The number of hydrogen-bond acceptors (Lipinski definition) is 3. The maximum atomic E-state index is 13.9. The summed E-state index contributed by atoms with van der Waals surface area (Å²) in [6.07, 6.45) is 0. The summed E-state index contributed by atoms with van der Waals surface area (Å²) in [5.74, 6) is -1.01. The molecule has 0 aliphatic carbocycles. The zero-order valence-electron chi connectivity index (χ0n) is 16.3. The van der Waals surface area contributed by atoms with E-state index in [2.05, 4.69) is 10.0 Å². The van der Waals surface area contributed by atoms with Crippen LogP contribution in [0.2, 0.25) is 0 Å². The Labute approximate surface area is 169 Å². The second-order valence-corrected chi connectivity index (χ2v) is 8.42. The van der Waals surface area contributed by atoms with Crippen molar-refractivity contribution < 1.29 is 17.6 Å². The van der Waals surface area contributed by atoms with Crippen molar-refractivity contribution in [3.8, 4) is 0 Å². The van der Waals surface area contributed by atoms with Gasteiger partial charge in [0, 0.05) is 11.3 Å². The number of carbonyl (C=O) groups excluding carboxylic acids is 1. The van der Waals surface area contributed by atoms with Gasteiger partial charge in [0.1, 0.15) is 5.82 Å². The highest BCUT2D eigenvalue weighted by molar-refractivity contribution is 7.92. The summed E-state index contributed by atoms with van der Waals surface area (Å²) in [7, 11) is -4.05. The third kappa shape index (κ3) is 4.46. The van der Waals surface area contributed by atoms with Crippen molar-refractivity contribution in [2.24, 2.45) is 0 Å². The summed E-state index contributed by atoms with van der Waals surface area (Å²) in [5.41, 5.74) is 3.01. The number of para-hydroxylation sites is 1. The molecule has 0 saturated carbocycles. The number of benzene rings is 3. The molecule has 0 aliphatic heterocycles. The monoisotopic (exact) mass is 412 g/mol. The molecule has 150 valence electrons. The van der Waals surface area contributed by atoms with E-state index in [1.54, 1.807) is 31.2 Å². The Bertz CT molecular complexity index is 1190. The molecule has 29 heavy (non-hydrogen) atoms. The van der Waals surface area contributed by atoms with Crippen molar-refractivity contribution in [2.75, 3.05) is 10.0 Å². The first kappa shape index (κ1) is 20.5. The molecular formula is C22H21FN2O3S. The van der Waals surface area contributed by atoms with E-state index in [1.165, 1.54) is 30.3 Å². The zero-order valence-corrected chi connectivity index (χ0v) is 17.1. The van der Waals surface area contributed by atoms with Crippen molar-refractivity contribution in [1.82, 2.24) is 0 Å². The van der Waals surface area contributed by atoms with Crippen LogP contribution in [-0.4, -0.2) is 14.3 Å². The van der Waals surface area contributed by atoms with Crippen molar-refractivity contribution >= 4 is 27.3 Å². The molecule has 1 amide bonds. The number of halogens is 1. The SMILES string of the molecule is Cc1ccc(NC(=O)c2cccc(C)c2C)cc1S(=O)(=O)Nc1ccccc1F. The van der Waals surface area contributed by atoms with E-state index >= 15 is 0 Å². The van der Waals surface area contributed by atoms with Gasteiger partial charge < -0.3 is 5.32 Å². The minimum Gasteiger partial charge on any atom is -0.322 e. The van der Waals surface area contributed by atoms with Gasteiger partial charge in [0.15, 0.2) is 0 Å². The van der Waals surface area contributed by atoms with E-state index in [1.807, 2.05) is 19.9 Å². The quantitative estimate of drug-likeness (QED) is 0.632. The predicted octanol–water partition coefficient (Wildman–Crippen LogP) is 4.80. The molecule has 0 aromatic heterocycles. The van der Waals surface area contributed by atoms with Crippen molar-refractivity contribution in [3.63, 3.8) is 0 Å². The molecule has 7 heteroatoms. The van der Waals surface area contributed by atoms with Gasteiger partial charge in [-0.05, 0) is 67.8 Å². The lowest BCUT2D eigenvalue weighted by Gasteiger charge is -2.14. The van der Waals surface area contributed by atoms with Crippen LogP contribution in [0.25, 0.3) is 0 Å². The fourth-order valence-electron chi connectivity index (χ4n) is 2.91. The van der Waals surface area contributed by atoms with Gasteiger partial charge in [-0.15, -0.1) is 0 Å². The Morgan fingerprint density at radius 1 is 0.897 bits per heavy atom. The lowest BCUT2D eigenvalue weighted by Crippen LogP contribution is -2.17. The minimum absolute atomic E-state index is 0.0421. The lowest BCUT2D eigenvalue weighted by atomic mass is 10.0. The number of sulfonamides is 1. The summed E-state index contributed by atoms with van der Waals surface area (Å²) in [6.45, 7) is 5.40. The minimum atomic E-state index is -4.05. The molecule has 5 nitrogen and oxygen atoms in total. The number of carbonyl (C=O) groups is 1. The summed E-state index contributed by atoms with van der Waals surface area (Å²) < 4.78 is 41.7. The van der Waals surface area contributed by atoms with Gasteiger partial charge in [0.2, 0.25) is 0 Å². The number of anilines is 2. The van der Waals surface area contributed by atoms with E-state index in [9.17, 15) is 17.6 Å². The first-order valence-electron chi connectivity index (χ1n) is 8.94. The van der Waals surface area contributed by atoms with Crippen LogP contribution in [0, 0.1) is 26.6 Å². The molecule has 3 aromatic carbocycles. The number of nitrogens with one attached hydrogen (secondary N) is 2. The molecule has 0 spiro atoms. The third-order valence-corrected chi connectivity index (χ3v) is 6.21. The lowest BCUT2D eigenvalue weighted by molar-refractivity contribution is 0.102. The highest BCUT2D eigenvalue weighted by Crippen LogP contribution is 2.25. The van der Waals surface area contributed by atoms with Crippen LogP contribution in [0.3, 0.4) is 0 Å². The van der Waals surface area contributed by atoms with E-state index < -0.39 is 15.8 Å². The maximum Gasteiger partial charge on any atom is 0.262 e. The van der Waals surface area contributed by atoms with Gasteiger partial charge in [-0.1, -0.05) is 30.3 Å². The number of amides is 1. The van der Waals surface area contributed by atoms with Crippen LogP contribution in [0.5, 0.6) is 0 Å². The van der Waals surface area contributed by atoms with E-state index in [0.717, 1.165) is 11.1 Å². The predicted molar refractivity (Wildman–Crippen MR) is 112 cm³/mol. The van der Waals surface area contributed by atoms with Crippen LogP contribution in [0.1, 0.15) is 27.0 Å². The largest absolute Gasteiger partial charge is 0.322 e. The van der Waals surface area contributed by atoms with Crippen molar-refractivity contribution in [3.05, 3.63) is 88.7 Å². The van der Waals surface area contributed by atoms with E-state index in [0.29, 0.717) is 16.8 Å². The molecule has 0 aliphatic rings. The molecule has 3 aromatic rings. The van der Waals surface area contributed by atoms with Crippen molar-refractivity contribution in [1.29, 1.82) is 0 Å². The summed E-state index contributed by atoms with van der Waals surface area (Å²) >= 11 is 0. The molecule has 0 unspecified atom stereocenters. The van der Waals surface area contributed by atoms with Gasteiger partial charge >= 0.3 is 0 Å². The van der Waals surface area contributed by atoms with Gasteiger partial charge in [-0.2, -0.15) is 0 Å².